The molecule has 150 valence electrons. The molecule has 3 aromatic rings. The van der Waals surface area contributed by atoms with E-state index in [2.05, 4.69) is 43.4 Å². The van der Waals surface area contributed by atoms with Crippen molar-refractivity contribution in [3.05, 3.63) is 69.1 Å². The number of carbonyl (C=O) groups excluding carboxylic acids is 1. The van der Waals surface area contributed by atoms with Gasteiger partial charge < -0.3 is 10.2 Å². The molecule has 1 aliphatic heterocycles. The predicted octanol–water partition coefficient (Wildman–Crippen LogP) is 3.44. The summed E-state index contributed by atoms with van der Waals surface area (Å²) in [6, 6.07) is 15.4. The Morgan fingerprint density at radius 1 is 1.21 bits per heavy atom. The summed E-state index contributed by atoms with van der Waals surface area (Å²) in [4.78, 5) is 27.7. The van der Waals surface area contributed by atoms with Crippen molar-refractivity contribution in [2.45, 2.75) is 19.9 Å². The van der Waals surface area contributed by atoms with Crippen molar-refractivity contribution in [2.75, 3.05) is 24.5 Å². The van der Waals surface area contributed by atoms with Crippen molar-refractivity contribution in [3.63, 3.8) is 0 Å². The molecular formula is C22H23BrN4O2. The van der Waals surface area contributed by atoms with E-state index in [9.17, 15) is 9.59 Å². The normalized spacial score (nSPS) is 16.3. The van der Waals surface area contributed by atoms with E-state index in [1.54, 1.807) is 18.2 Å². The third-order valence-corrected chi connectivity index (χ3v) is 5.89. The molecule has 1 aromatic heterocycles. The van der Waals surface area contributed by atoms with E-state index in [4.69, 9.17) is 0 Å². The summed E-state index contributed by atoms with van der Waals surface area (Å²) in [7, 11) is 0. The lowest BCUT2D eigenvalue weighted by molar-refractivity contribution is 0.0943. The van der Waals surface area contributed by atoms with Gasteiger partial charge in [-0.15, -0.1) is 0 Å². The van der Waals surface area contributed by atoms with E-state index in [-0.39, 0.29) is 11.5 Å². The number of hydrogen-bond acceptors (Lipinski definition) is 4. The number of hydrogen-bond donors (Lipinski definition) is 1. The van der Waals surface area contributed by atoms with Gasteiger partial charge in [-0.3, -0.25) is 9.59 Å². The lowest BCUT2D eigenvalue weighted by atomic mass is 10.1. The first-order chi connectivity index (χ1) is 14.1. The molecule has 4 rings (SSSR count). The van der Waals surface area contributed by atoms with Crippen LogP contribution in [0.4, 0.5) is 5.69 Å². The third kappa shape index (κ3) is 4.05. The number of nitrogens with zero attached hydrogens (tertiary/aromatic N) is 3. The molecule has 1 N–H and O–H groups in total. The average molecular weight is 455 g/mol. The van der Waals surface area contributed by atoms with Gasteiger partial charge in [0.05, 0.1) is 5.39 Å². The number of amides is 1. The summed E-state index contributed by atoms with van der Waals surface area (Å²) in [6.07, 6.45) is 1.02. The highest BCUT2D eigenvalue weighted by Gasteiger charge is 2.24. The Kier molecular flexibility index (Phi) is 5.67. The van der Waals surface area contributed by atoms with Crippen molar-refractivity contribution < 1.29 is 4.79 Å². The van der Waals surface area contributed by atoms with Crippen molar-refractivity contribution in [2.24, 2.45) is 5.92 Å². The fourth-order valence-electron chi connectivity index (χ4n) is 3.84. The van der Waals surface area contributed by atoms with Gasteiger partial charge in [-0.2, -0.15) is 5.10 Å². The molecule has 1 unspecified atom stereocenters. The Morgan fingerprint density at radius 2 is 2.00 bits per heavy atom. The number of rotatable bonds is 5. The molecule has 0 aliphatic carbocycles. The van der Waals surface area contributed by atoms with Crippen LogP contribution in [-0.4, -0.2) is 35.3 Å². The van der Waals surface area contributed by atoms with Crippen LogP contribution in [0.15, 0.2) is 57.8 Å². The number of fused-ring (bicyclic) bond motifs is 1. The number of benzene rings is 2. The summed E-state index contributed by atoms with van der Waals surface area (Å²) in [6.45, 7) is 4.73. The van der Waals surface area contributed by atoms with E-state index in [0.717, 1.165) is 24.0 Å². The Hall–Kier alpha value is -2.67. The van der Waals surface area contributed by atoms with Crippen LogP contribution in [0.5, 0.6) is 0 Å². The van der Waals surface area contributed by atoms with E-state index >= 15 is 0 Å². The number of nitrogens with one attached hydrogen (secondary N) is 1. The van der Waals surface area contributed by atoms with Gasteiger partial charge >= 0.3 is 0 Å². The number of anilines is 1. The van der Waals surface area contributed by atoms with Gasteiger partial charge in [0, 0.05) is 41.7 Å². The minimum Gasteiger partial charge on any atom is -0.371 e. The molecular weight excluding hydrogens is 432 g/mol. The molecule has 0 bridgehead atoms. The zero-order valence-electron chi connectivity index (χ0n) is 16.3. The van der Waals surface area contributed by atoms with Crippen molar-refractivity contribution in [3.8, 4) is 0 Å². The molecule has 1 amide bonds. The molecule has 0 spiro atoms. The van der Waals surface area contributed by atoms with Gasteiger partial charge in [0.2, 0.25) is 0 Å². The molecule has 6 nitrogen and oxygen atoms in total. The van der Waals surface area contributed by atoms with Crippen LogP contribution in [0, 0.1) is 5.92 Å². The van der Waals surface area contributed by atoms with E-state index in [1.165, 1.54) is 10.4 Å². The fourth-order valence-corrected chi connectivity index (χ4v) is 4.23. The summed E-state index contributed by atoms with van der Waals surface area (Å²) >= 11 is 3.52. The maximum Gasteiger partial charge on any atom is 0.274 e. The Balaban J connectivity index is 1.47. The average Bonchev–Trinajstić information content (AvgIpc) is 3.22. The Bertz CT molecular complexity index is 1110. The molecule has 7 heteroatoms. The summed E-state index contributed by atoms with van der Waals surface area (Å²) in [5.74, 6) is 0.144. The molecule has 0 radical (unpaired) electrons. The fraction of sp³-hybridized carbons (Fsp3) is 0.318. The van der Waals surface area contributed by atoms with Crippen LogP contribution in [0.1, 0.15) is 23.8 Å². The van der Waals surface area contributed by atoms with Crippen molar-refractivity contribution >= 4 is 38.3 Å². The number of carbonyl (C=O) groups is 1. The van der Waals surface area contributed by atoms with Gasteiger partial charge in [0.25, 0.3) is 11.5 Å². The summed E-state index contributed by atoms with van der Waals surface area (Å²) in [5.41, 5.74) is 1.33. The maximum atomic E-state index is 12.9. The second-order valence-corrected chi connectivity index (χ2v) is 8.22. The first-order valence-electron chi connectivity index (χ1n) is 9.85. The molecule has 1 atom stereocenters. The topological polar surface area (TPSA) is 67.2 Å². The van der Waals surface area contributed by atoms with Gasteiger partial charge in [-0.05, 0) is 43.5 Å². The first kappa shape index (κ1) is 19.6. The molecule has 2 heterocycles. The Labute approximate surface area is 177 Å². The number of halogens is 1. The maximum absolute atomic E-state index is 12.9. The number of aryl methyl sites for hydroxylation is 1. The van der Waals surface area contributed by atoms with Crippen LogP contribution in [0.3, 0.4) is 0 Å². The highest BCUT2D eigenvalue weighted by Crippen LogP contribution is 2.26. The second-order valence-electron chi connectivity index (χ2n) is 7.31. The summed E-state index contributed by atoms with van der Waals surface area (Å²) in [5, 5.41) is 8.47. The number of aromatic nitrogens is 2. The quantitative estimate of drug-likeness (QED) is 0.640. The molecule has 1 saturated heterocycles. The second kappa shape index (κ2) is 8.37. The van der Waals surface area contributed by atoms with E-state index in [0.29, 0.717) is 35.5 Å². The van der Waals surface area contributed by atoms with Gasteiger partial charge in [0.15, 0.2) is 5.69 Å². The van der Waals surface area contributed by atoms with Crippen LogP contribution < -0.4 is 15.8 Å². The zero-order chi connectivity index (χ0) is 20.4. The van der Waals surface area contributed by atoms with Gasteiger partial charge in [-0.1, -0.05) is 40.2 Å². The first-order valence-corrected chi connectivity index (χ1v) is 10.6. The van der Waals surface area contributed by atoms with Crippen molar-refractivity contribution in [1.29, 1.82) is 0 Å². The summed E-state index contributed by atoms with van der Waals surface area (Å²) < 4.78 is 2.41. The zero-order valence-corrected chi connectivity index (χ0v) is 17.9. The van der Waals surface area contributed by atoms with Crippen molar-refractivity contribution in [1.82, 2.24) is 15.1 Å². The highest BCUT2D eigenvalue weighted by atomic mass is 79.9. The SMILES string of the molecule is CCn1nc(C(=O)NCC2CCN(c3cccc(Br)c3)C2)c2ccccc2c1=O. The lowest BCUT2D eigenvalue weighted by Gasteiger charge is -2.19. The molecule has 2 aromatic carbocycles. The van der Waals surface area contributed by atoms with Crippen LogP contribution in [0.2, 0.25) is 0 Å². The third-order valence-electron chi connectivity index (χ3n) is 5.39. The predicted molar refractivity (Wildman–Crippen MR) is 118 cm³/mol. The smallest absolute Gasteiger partial charge is 0.274 e. The largest absolute Gasteiger partial charge is 0.371 e. The minimum absolute atomic E-state index is 0.167. The molecule has 29 heavy (non-hydrogen) atoms. The Morgan fingerprint density at radius 3 is 2.76 bits per heavy atom. The lowest BCUT2D eigenvalue weighted by Crippen LogP contribution is -2.34. The van der Waals surface area contributed by atoms with Gasteiger partial charge in [0.1, 0.15) is 0 Å². The minimum atomic E-state index is -0.232. The highest BCUT2D eigenvalue weighted by molar-refractivity contribution is 9.10. The van der Waals surface area contributed by atoms with Gasteiger partial charge in [-0.25, -0.2) is 4.68 Å². The monoisotopic (exact) mass is 454 g/mol. The van der Waals surface area contributed by atoms with Crippen LogP contribution >= 0.6 is 15.9 Å². The van der Waals surface area contributed by atoms with E-state index in [1.807, 2.05) is 25.1 Å². The molecule has 1 aliphatic rings. The van der Waals surface area contributed by atoms with E-state index < -0.39 is 0 Å². The standard InChI is InChI=1S/C22H23BrN4O2/c1-2-27-22(29)19-9-4-3-8-18(19)20(25-27)21(28)24-13-15-10-11-26(14-15)17-7-5-6-16(23)12-17/h3-9,12,15H,2,10-11,13-14H2,1H3,(H,24,28). The van der Waals surface area contributed by atoms with Crippen LogP contribution in [-0.2, 0) is 6.54 Å². The molecule has 0 saturated carbocycles. The van der Waals surface area contributed by atoms with Crippen LogP contribution in [0.25, 0.3) is 10.8 Å². The molecule has 1 fully saturated rings.